The van der Waals surface area contributed by atoms with Gasteiger partial charge in [-0.15, -0.1) is 0 Å². The Labute approximate surface area is 138 Å². The van der Waals surface area contributed by atoms with Crippen LogP contribution >= 0.6 is 22.7 Å². The number of unbranched alkanes of at least 4 members (excludes halogenated alkanes) is 1. The molecule has 0 amide bonds. The number of aromatic nitrogens is 2. The molecule has 0 unspecified atom stereocenters. The molecule has 2 heterocycles. The predicted octanol–water partition coefficient (Wildman–Crippen LogP) is -3.51. The smallest absolute Gasteiger partial charge is 0.224 e. The molecule has 0 saturated heterocycles. The van der Waals surface area contributed by atoms with Gasteiger partial charge >= 0.3 is 0 Å². The van der Waals surface area contributed by atoms with Crippen LogP contribution < -0.4 is 43.1 Å². The second-order valence-electron chi connectivity index (χ2n) is 4.10. The average Bonchev–Trinajstić information content (AvgIpc) is 2.84. The Kier molecular flexibility index (Phi) is 9.29. The number of hydrogen-bond donors (Lipinski definition) is 0. The largest absolute Gasteiger partial charge is 1.00 e. The zero-order chi connectivity index (χ0) is 11.4. The third kappa shape index (κ3) is 5.07. The minimum Gasteiger partial charge on any atom is -1.00 e. The van der Waals surface area contributed by atoms with Gasteiger partial charge in [-0.1, -0.05) is 22.7 Å². The van der Waals surface area contributed by atoms with Crippen LogP contribution in [0.2, 0.25) is 0 Å². The number of thiazole rings is 2. The Morgan fingerprint density at radius 1 is 0.833 bits per heavy atom. The second-order valence-corrected chi connectivity index (χ2v) is 5.53. The van der Waals surface area contributed by atoms with Crippen molar-refractivity contribution in [3.8, 4) is 0 Å². The summed E-state index contributed by atoms with van der Waals surface area (Å²) in [5.41, 5.74) is 7.17. The standard InChI is InChI=1S/C12H18N2S2.2BrH/c1-11-7-15-9-13(11)5-3-4-6-14-10-16-8-12(14)2;;/h7-10H,3-6H2,1-2H3;2*1H/q+2;;/p-2. The van der Waals surface area contributed by atoms with Gasteiger partial charge in [0, 0.05) is 26.7 Å². The molecule has 0 atom stereocenters. The van der Waals surface area contributed by atoms with E-state index >= 15 is 0 Å². The maximum Gasteiger partial charge on any atom is 0.224 e. The molecule has 0 spiro atoms. The van der Waals surface area contributed by atoms with Crippen LogP contribution in [-0.4, -0.2) is 0 Å². The second kappa shape index (κ2) is 9.18. The van der Waals surface area contributed by atoms with Gasteiger partial charge in [-0.3, -0.25) is 0 Å². The van der Waals surface area contributed by atoms with Gasteiger partial charge in [-0.25, -0.2) is 0 Å². The Balaban J connectivity index is 0.00000144. The highest BCUT2D eigenvalue weighted by atomic mass is 79.9. The number of hydrogen-bond acceptors (Lipinski definition) is 2. The molecule has 0 aliphatic carbocycles. The average molecular weight is 414 g/mol. The first-order chi connectivity index (χ1) is 7.77. The summed E-state index contributed by atoms with van der Waals surface area (Å²) in [6, 6.07) is 0. The predicted molar refractivity (Wildman–Crippen MR) is 67.7 cm³/mol. The summed E-state index contributed by atoms with van der Waals surface area (Å²) in [5, 5.41) is 4.41. The highest BCUT2D eigenvalue weighted by Gasteiger charge is 2.09. The zero-order valence-corrected chi connectivity index (χ0v) is 15.4. The van der Waals surface area contributed by atoms with E-state index in [4.69, 9.17) is 0 Å². The van der Waals surface area contributed by atoms with Gasteiger partial charge in [0.05, 0.1) is 10.8 Å². The van der Waals surface area contributed by atoms with Crippen LogP contribution in [0.3, 0.4) is 0 Å². The Hall–Kier alpha value is 0.220. The van der Waals surface area contributed by atoms with Crippen molar-refractivity contribution in [3.63, 3.8) is 0 Å². The molecule has 0 saturated carbocycles. The molecule has 6 heteroatoms. The summed E-state index contributed by atoms with van der Waals surface area (Å²) >= 11 is 3.57. The minimum atomic E-state index is 0. The molecule has 18 heavy (non-hydrogen) atoms. The van der Waals surface area contributed by atoms with Crippen LogP contribution in [0.5, 0.6) is 0 Å². The fourth-order valence-corrected chi connectivity index (χ4v) is 3.35. The highest BCUT2D eigenvalue weighted by molar-refractivity contribution is 7.07. The first kappa shape index (κ1) is 18.2. The fraction of sp³-hybridized carbons (Fsp3) is 0.500. The molecule has 0 fully saturated rings. The highest BCUT2D eigenvalue weighted by Crippen LogP contribution is 2.00. The minimum absolute atomic E-state index is 0. The lowest BCUT2D eigenvalue weighted by Crippen LogP contribution is -3.00. The lowest BCUT2D eigenvalue weighted by atomic mass is 10.3. The van der Waals surface area contributed by atoms with Gasteiger partial charge < -0.3 is 34.0 Å². The Morgan fingerprint density at radius 2 is 1.22 bits per heavy atom. The van der Waals surface area contributed by atoms with Gasteiger partial charge in [-0.2, -0.15) is 9.13 Å². The van der Waals surface area contributed by atoms with Gasteiger partial charge in [0.15, 0.2) is 11.4 Å². The van der Waals surface area contributed by atoms with E-state index in [0.717, 1.165) is 13.1 Å². The van der Waals surface area contributed by atoms with Crippen molar-refractivity contribution in [1.29, 1.82) is 0 Å². The summed E-state index contributed by atoms with van der Waals surface area (Å²) in [4.78, 5) is 0. The molecule has 0 radical (unpaired) electrons. The van der Waals surface area contributed by atoms with Crippen molar-refractivity contribution < 1.29 is 43.1 Å². The summed E-state index contributed by atoms with van der Waals surface area (Å²) in [5.74, 6) is 0. The number of aryl methyl sites for hydroxylation is 4. The van der Waals surface area contributed by atoms with Crippen LogP contribution in [0.15, 0.2) is 21.8 Å². The van der Waals surface area contributed by atoms with Crippen molar-refractivity contribution in [2.24, 2.45) is 0 Å². The molecular formula is C12H18Br2N2S2. The van der Waals surface area contributed by atoms with E-state index in [9.17, 15) is 0 Å². The van der Waals surface area contributed by atoms with E-state index in [-0.39, 0.29) is 34.0 Å². The number of rotatable bonds is 5. The molecular weight excluding hydrogens is 396 g/mol. The molecule has 102 valence electrons. The van der Waals surface area contributed by atoms with Crippen LogP contribution in [0.25, 0.3) is 0 Å². The van der Waals surface area contributed by atoms with E-state index in [2.05, 4.69) is 44.8 Å². The van der Waals surface area contributed by atoms with Gasteiger partial charge in [-0.05, 0) is 0 Å². The molecule has 2 aromatic rings. The summed E-state index contributed by atoms with van der Waals surface area (Å²) < 4.78 is 4.69. The maximum absolute atomic E-state index is 2.34. The summed E-state index contributed by atoms with van der Waals surface area (Å²) in [7, 11) is 0. The topological polar surface area (TPSA) is 7.76 Å². The Bertz CT molecular complexity index is 412. The SMILES string of the molecule is Cc1csc[n+]1CCCC[n+]1cscc1C.[Br-].[Br-]. The molecule has 2 rings (SSSR count). The van der Waals surface area contributed by atoms with Gasteiger partial charge in [0.25, 0.3) is 0 Å². The lowest BCUT2D eigenvalue weighted by Gasteiger charge is -1.95. The summed E-state index contributed by atoms with van der Waals surface area (Å²) in [6.07, 6.45) is 2.51. The van der Waals surface area contributed by atoms with E-state index in [1.807, 2.05) is 0 Å². The van der Waals surface area contributed by atoms with Crippen molar-refractivity contribution >= 4 is 22.7 Å². The van der Waals surface area contributed by atoms with E-state index < -0.39 is 0 Å². The van der Waals surface area contributed by atoms with E-state index in [1.165, 1.54) is 24.2 Å². The first-order valence-corrected chi connectivity index (χ1v) is 7.50. The van der Waals surface area contributed by atoms with E-state index in [0.29, 0.717) is 0 Å². The van der Waals surface area contributed by atoms with Gasteiger partial charge in [0.2, 0.25) is 11.0 Å². The lowest BCUT2D eigenvalue weighted by molar-refractivity contribution is -0.709. The molecule has 0 aliphatic rings. The van der Waals surface area contributed by atoms with Gasteiger partial charge in [0.1, 0.15) is 13.1 Å². The zero-order valence-electron chi connectivity index (χ0n) is 10.6. The fourth-order valence-electron chi connectivity index (χ4n) is 1.73. The normalized spacial score (nSPS) is 9.67. The van der Waals surface area contributed by atoms with Crippen LogP contribution in [0.4, 0.5) is 0 Å². The molecule has 0 aromatic carbocycles. The first-order valence-electron chi connectivity index (χ1n) is 5.62. The van der Waals surface area contributed by atoms with Crippen molar-refractivity contribution in [2.45, 2.75) is 39.8 Å². The molecule has 0 N–H and O–H groups in total. The third-order valence-corrected chi connectivity index (χ3v) is 4.51. The van der Waals surface area contributed by atoms with Crippen LogP contribution in [0.1, 0.15) is 24.2 Å². The van der Waals surface area contributed by atoms with E-state index in [1.54, 1.807) is 22.7 Å². The van der Waals surface area contributed by atoms with Crippen LogP contribution in [-0.2, 0) is 13.1 Å². The quantitative estimate of drug-likeness (QED) is 0.355. The summed E-state index contributed by atoms with van der Waals surface area (Å²) in [6.45, 7) is 6.65. The van der Waals surface area contributed by atoms with Crippen molar-refractivity contribution in [3.05, 3.63) is 33.2 Å². The Morgan fingerprint density at radius 3 is 1.50 bits per heavy atom. The number of halogens is 2. The van der Waals surface area contributed by atoms with Crippen molar-refractivity contribution in [2.75, 3.05) is 0 Å². The molecule has 0 bridgehead atoms. The van der Waals surface area contributed by atoms with Crippen molar-refractivity contribution in [1.82, 2.24) is 0 Å². The maximum atomic E-state index is 2.34. The molecule has 2 aromatic heterocycles. The number of nitrogens with zero attached hydrogens (tertiary/aromatic N) is 2. The third-order valence-electron chi connectivity index (χ3n) is 2.81. The van der Waals surface area contributed by atoms with Crippen LogP contribution in [0, 0.1) is 13.8 Å². The monoisotopic (exact) mass is 412 g/mol. The molecule has 2 nitrogen and oxygen atoms in total. The molecule has 0 aliphatic heterocycles.